The van der Waals surface area contributed by atoms with Gasteiger partial charge >= 0.3 is 6.03 Å². The van der Waals surface area contributed by atoms with E-state index in [9.17, 15) is 14.0 Å². The van der Waals surface area contributed by atoms with Gasteiger partial charge in [-0.15, -0.1) is 0 Å². The number of carbonyl (C=O) groups is 2. The SMILES string of the molecule is C[C@H](NC(N)=O)C(=O)N1CCO[C@@H](c2cc(F)c(Cl)cc2Cl)C1. The molecule has 6 nitrogen and oxygen atoms in total. The lowest BCUT2D eigenvalue weighted by molar-refractivity contribution is -0.140. The first kappa shape index (κ1) is 17.8. The predicted octanol–water partition coefficient (Wildman–Crippen LogP) is 2.09. The van der Waals surface area contributed by atoms with Gasteiger partial charge < -0.3 is 20.7 Å². The molecule has 3 amide bonds. The second-order valence-electron chi connectivity index (χ2n) is 5.16. The molecular formula is C14H16Cl2FN3O3. The Hall–Kier alpha value is -1.57. The lowest BCUT2D eigenvalue weighted by Crippen LogP contribution is -2.52. The van der Waals surface area contributed by atoms with Gasteiger partial charge in [0, 0.05) is 17.1 Å². The summed E-state index contributed by atoms with van der Waals surface area (Å²) in [6.07, 6.45) is -0.576. The van der Waals surface area contributed by atoms with Crippen molar-refractivity contribution in [1.29, 1.82) is 0 Å². The van der Waals surface area contributed by atoms with Crippen LogP contribution in [0.5, 0.6) is 0 Å². The number of ether oxygens (including phenoxy) is 1. The molecule has 2 atom stereocenters. The Morgan fingerprint density at radius 1 is 1.43 bits per heavy atom. The largest absolute Gasteiger partial charge is 0.370 e. The van der Waals surface area contributed by atoms with Gasteiger partial charge in [0.05, 0.1) is 18.2 Å². The highest BCUT2D eigenvalue weighted by Gasteiger charge is 2.30. The highest BCUT2D eigenvalue weighted by atomic mass is 35.5. The fraction of sp³-hybridized carbons (Fsp3) is 0.429. The van der Waals surface area contributed by atoms with Gasteiger partial charge in [-0.25, -0.2) is 9.18 Å². The Bertz CT molecular complexity index is 630. The molecular weight excluding hydrogens is 348 g/mol. The minimum Gasteiger partial charge on any atom is -0.370 e. The third-order valence-electron chi connectivity index (χ3n) is 3.49. The minimum atomic E-state index is -0.779. The summed E-state index contributed by atoms with van der Waals surface area (Å²) in [6, 6.07) is 0.964. The number of carbonyl (C=O) groups excluding carboxylic acids is 2. The summed E-state index contributed by atoms with van der Waals surface area (Å²) in [4.78, 5) is 24.6. The second kappa shape index (κ2) is 7.33. The van der Waals surface area contributed by atoms with E-state index in [0.717, 1.165) is 0 Å². The molecule has 126 valence electrons. The van der Waals surface area contributed by atoms with Gasteiger partial charge in [-0.3, -0.25) is 4.79 Å². The van der Waals surface area contributed by atoms with Crippen LogP contribution < -0.4 is 11.1 Å². The van der Waals surface area contributed by atoms with Crippen LogP contribution in [0.1, 0.15) is 18.6 Å². The monoisotopic (exact) mass is 363 g/mol. The van der Waals surface area contributed by atoms with Gasteiger partial charge in [0.25, 0.3) is 0 Å². The summed E-state index contributed by atoms with van der Waals surface area (Å²) in [5.41, 5.74) is 5.43. The van der Waals surface area contributed by atoms with Crippen LogP contribution in [-0.4, -0.2) is 42.6 Å². The van der Waals surface area contributed by atoms with Crippen molar-refractivity contribution in [3.63, 3.8) is 0 Å². The molecule has 1 saturated heterocycles. The van der Waals surface area contributed by atoms with Gasteiger partial charge in [-0.1, -0.05) is 23.2 Å². The Labute approximate surface area is 142 Å². The molecule has 23 heavy (non-hydrogen) atoms. The maximum absolute atomic E-state index is 13.7. The zero-order chi connectivity index (χ0) is 17.1. The van der Waals surface area contributed by atoms with Gasteiger partial charge in [-0.2, -0.15) is 0 Å². The molecule has 1 aliphatic rings. The highest BCUT2D eigenvalue weighted by Crippen LogP contribution is 2.32. The minimum absolute atomic E-state index is 0.0817. The van der Waals surface area contributed by atoms with E-state index in [2.05, 4.69) is 5.32 Å². The molecule has 0 bridgehead atoms. The summed E-state index contributed by atoms with van der Waals surface area (Å²) < 4.78 is 19.2. The van der Waals surface area contributed by atoms with Crippen molar-refractivity contribution in [2.75, 3.05) is 19.7 Å². The number of hydrogen-bond donors (Lipinski definition) is 2. The number of nitrogens with zero attached hydrogens (tertiary/aromatic N) is 1. The molecule has 1 aliphatic heterocycles. The van der Waals surface area contributed by atoms with E-state index >= 15 is 0 Å². The lowest BCUT2D eigenvalue weighted by Gasteiger charge is -2.35. The first-order valence-corrected chi connectivity index (χ1v) is 7.66. The van der Waals surface area contributed by atoms with Crippen LogP contribution in [0.3, 0.4) is 0 Å². The predicted molar refractivity (Wildman–Crippen MR) is 83.9 cm³/mol. The Kier molecular flexibility index (Phi) is 5.67. The van der Waals surface area contributed by atoms with Crippen LogP contribution in [0.2, 0.25) is 10.0 Å². The molecule has 0 saturated carbocycles. The standard InChI is InChI=1S/C14H16Cl2FN3O3/c1-7(19-14(18)22)13(21)20-2-3-23-12(6-20)8-4-11(17)10(16)5-9(8)15/h4-5,7,12H,2-3,6H2,1H3,(H3,18,19,22)/t7-,12+/m0/s1. The highest BCUT2D eigenvalue weighted by molar-refractivity contribution is 6.35. The number of nitrogens with one attached hydrogen (secondary N) is 1. The number of primary amides is 1. The first-order chi connectivity index (χ1) is 10.8. The normalized spacial score (nSPS) is 19.3. The molecule has 1 fully saturated rings. The molecule has 1 heterocycles. The zero-order valence-electron chi connectivity index (χ0n) is 12.3. The fourth-order valence-corrected chi connectivity index (χ4v) is 2.88. The van der Waals surface area contributed by atoms with Gasteiger partial charge in [0.2, 0.25) is 5.91 Å². The van der Waals surface area contributed by atoms with Crippen LogP contribution in [0.25, 0.3) is 0 Å². The summed E-state index contributed by atoms with van der Waals surface area (Å²) in [7, 11) is 0. The number of nitrogens with two attached hydrogens (primary N) is 1. The number of amides is 3. The van der Waals surface area contributed by atoms with E-state index in [4.69, 9.17) is 33.7 Å². The molecule has 0 radical (unpaired) electrons. The van der Waals surface area contributed by atoms with E-state index in [1.165, 1.54) is 24.0 Å². The molecule has 0 unspecified atom stereocenters. The van der Waals surface area contributed by atoms with E-state index in [0.29, 0.717) is 12.1 Å². The molecule has 1 aromatic carbocycles. The van der Waals surface area contributed by atoms with Gasteiger partial charge in [0.1, 0.15) is 18.0 Å². The smallest absolute Gasteiger partial charge is 0.312 e. The van der Waals surface area contributed by atoms with Crippen molar-refractivity contribution in [2.45, 2.75) is 19.1 Å². The molecule has 0 aromatic heterocycles. The average Bonchev–Trinajstić information content (AvgIpc) is 2.49. The third kappa shape index (κ3) is 4.25. The van der Waals surface area contributed by atoms with Crippen molar-refractivity contribution >= 4 is 35.1 Å². The van der Waals surface area contributed by atoms with E-state index in [1.54, 1.807) is 0 Å². The van der Waals surface area contributed by atoms with Crippen LogP contribution in [0.4, 0.5) is 9.18 Å². The van der Waals surface area contributed by atoms with E-state index < -0.39 is 24.0 Å². The molecule has 2 rings (SSSR count). The van der Waals surface area contributed by atoms with E-state index in [1.807, 2.05) is 0 Å². The van der Waals surface area contributed by atoms with Crippen LogP contribution in [0, 0.1) is 5.82 Å². The molecule has 1 aromatic rings. The molecule has 0 aliphatic carbocycles. The number of benzene rings is 1. The van der Waals surface area contributed by atoms with Gasteiger partial charge in [-0.05, 0) is 19.1 Å². The fourth-order valence-electron chi connectivity index (χ4n) is 2.37. The van der Waals surface area contributed by atoms with Crippen LogP contribution in [0.15, 0.2) is 12.1 Å². The summed E-state index contributed by atoms with van der Waals surface area (Å²) in [6.45, 7) is 2.34. The molecule has 3 N–H and O–H groups in total. The summed E-state index contributed by atoms with van der Waals surface area (Å²) in [5, 5.41) is 2.51. The quantitative estimate of drug-likeness (QED) is 0.806. The van der Waals surface area contributed by atoms with Crippen molar-refractivity contribution in [1.82, 2.24) is 10.2 Å². The second-order valence-corrected chi connectivity index (χ2v) is 5.98. The Morgan fingerprint density at radius 3 is 2.78 bits per heavy atom. The number of morpholine rings is 1. The molecule has 9 heteroatoms. The van der Waals surface area contributed by atoms with Crippen molar-refractivity contribution in [3.8, 4) is 0 Å². The topological polar surface area (TPSA) is 84.7 Å². The summed E-state index contributed by atoms with van der Waals surface area (Å²) >= 11 is 11.8. The Morgan fingerprint density at radius 2 is 2.13 bits per heavy atom. The maximum atomic E-state index is 13.7. The van der Waals surface area contributed by atoms with Crippen molar-refractivity contribution in [3.05, 3.63) is 33.6 Å². The first-order valence-electron chi connectivity index (χ1n) is 6.90. The Balaban J connectivity index is 2.13. The zero-order valence-corrected chi connectivity index (χ0v) is 13.8. The average molecular weight is 364 g/mol. The maximum Gasteiger partial charge on any atom is 0.312 e. The third-order valence-corrected chi connectivity index (χ3v) is 4.11. The van der Waals surface area contributed by atoms with E-state index in [-0.39, 0.29) is 29.1 Å². The van der Waals surface area contributed by atoms with Crippen LogP contribution in [-0.2, 0) is 9.53 Å². The molecule has 0 spiro atoms. The number of urea groups is 1. The van der Waals surface area contributed by atoms with Crippen LogP contribution >= 0.6 is 23.2 Å². The summed E-state index contributed by atoms with van der Waals surface area (Å²) in [5.74, 6) is -0.912. The van der Waals surface area contributed by atoms with Crippen molar-refractivity contribution in [2.24, 2.45) is 5.73 Å². The van der Waals surface area contributed by atoms with Crippen molar-refractivity contribution < 1.29 is 18.7 Å². The lowest BCUT2D eigenvalue weighted by atomic mass is 10.1. The number of halogens is 3. The number of hydrogen-bond acceptors (Lipinski definition) is 3. The number of rotatable bonds is 3. The van der Waals surface area contributed by atoms with Gasteiger partial charge in [0.15, 0.2) is 0 Å².